The highest BCUT2D eigenvalue weighted by Crippen LogP contribution is 1.92. The molecule has 0 amide bonds. The van der Waals surface area contributed by atoms with E-state index in [1.165, 1.54) is 6.26 Å². The molecule has 1 unspecified atom stereocenters. The van der Waals surface area contributed by atoms with Gasteiger partial charge in [-0.1, -0.05) is 21.3 Å². The van der Waals surface area contributed by atoms with E-state index in [4.69, 9.17) is 0 Å². The molecule has 0 heterocycles. The van der Waals surface area contributed by atoms with E-state index in [-0.39, 0.29) is 12.7 Å². The van der Waals surface area contributed by atoms with Crippen molar-refractivity contribution in [1.82, 2.24) is 0 Å². The van der Waals surface area contributed by atoms with Gasteiger partial charge in [0.05, 0.1) is 5.25 Å². The van der Waals surface area contributed by atoms with Gasteiger partial charge in [0.15, 0.2) is 0 Å². The van der Waals surface area contributed by atoms with Crippen LogP contribution >= 0.6 is 0 Å². The summed E-state index contributed by atoms with van der Waals surface area (Å²) in [4.78, 5) is 0. The molecule has 0 radical (unpaired) electrons. The molecular weight excluding hydrogens is 220 g/mol. The molecule has 0 N–H and O–H groups in total. The van der Waals surface area contributed by atoms with Gasteiger partial charge in [-0.15, -0.1) is 0 Å². The first-order valence-corrected chi connectivity index (χ1v) is 7.67. The first-order chi connectivity index (χ1) is 5.59. The maximum atomic E-state index is 10.3. The average Bonchev–Trinajstić information content (AvgIpc) is 1.86. The summed E-state index contributed by atoms with van der Waals surface area (Å²) in [6.07, 6.45) is 2.95. The van der Waals surface area contributed by atoms with Crippen molar-refractivity contribution in [1.29, 1.82) is 0 Å². The van der Waals surface area contributed by atoms with Crippen molar-refractivity contribution in [3.8, 4) is 0 Å². The highest BCUT2D eigenvalue weighted by atomic mass is 32.2. The molecule has 0 fully saturated rings. The van der Waals surface area contributed by atoms with Gasteiger partial charge in [-0.25, -0.2) is 8.42 Å². The summed E-state index contributed by atoms with van der Waals surface area (Å²) in [6, 6.07) is 0. The maximum Gasteiger partial charge on any atom is 0.149 e. The van der Waals surface area contributed by atoms with Gasteiger partial charge in [-0.05, 0) is 13.8 Å². The lowest BCUT2D eigenvalue weighted by Gasteiger charge is -1.96. The molecule has 0 aromatic heterocycles. The SMILES string of the molecule is C.CC(C)S(C)(=O)=O.CC(C)S(C)=O. The second kappa shape index (κ2) is 8.41. The van der Waals surface area contributed by atoms with Crippen molar-refractivity contribution >= 4 is 20.6 Å². The number of hydrogen-bond donors (Lipinski definition) is 0. The lowest BCUT2D eigenvalue weighted by atomic mass is 10.6. The Morgan fingerprint density at radius 3 is 1.21 bits per heavy atom. The van der Waals surface area contributed by atoms with Crippen LogP contribution in [0.25, 0.3) is 0 Å². The molecule has 5 heteroatoms. The van der Waals surface area contributed by atoms with E-state index < -0.39 is 20.6 Å². The molecule has 0 rings (SSSR count). The molecule has 0 aliphatic carbocycles. The van der Waals surface area contributed by atoms with E-state index in [1.807, 2.05) is 13.8 Å². The minimum Gasteiger partial charge on any atom is -0.260 e. The van der Waals surface area contributed by atoms with Crippen molar-refractivity contribution in [2.45, 2.75) is 45.6 Å². The number of hydrogen-bond acceptors (Lipinski definition) is 3. The molecule has 0 aliphatic heterocycles. The van der Waals surface area contributed by atoms with Crippen LogP contribution in [0.3, 0.4) is 0 Å². The van der Waals surface area contributed by atoms with Crippen LogP contribution in [0.15, 0.2) is 0 Å². The first kappa shape index (κ1) is 19.6. The molecule has 0 aliphatic rings. The minimum atomic E-state index is -2.74. The summed E-state index contributed by atoms with van der Waals surface area (Å²) in [5.74, 6) is 0. The molecule has 0 spiro atoms. The highest BCUT2D eigenvalue weighted by molar-refractivity contribution is 7.91. The first-order valence-electron chi connectivity index (χ1n) is 4.10. The standard InChI is InChI=1S/C4H10O2S.C4H10OS.CH4/c1-4(2)7(3,5)6;1-4(2)6(3)5;/h4H,1-3H3;4H,1-3H3;1H4. The molecule has 3 nitrogen and oxygen atoms in total. The number of sulfone groups is 1. The Hall–Kier alpha value is 0.1000. The fourth-order valence-corrected chi connectivity index (χ4v) is 0. The maximum absolute atomic E-state index is 10.3. The predicted molar refractivity (Wildman–Crippen MR) is 65.9 cm³/mol. The second-order valence-electron chi connectivity index (χ2n) is 3.43. The zero-order valence-corrected chi connectivity index (χ0v) is 10.8. The van der Waals surface area contributed by atoms with Crippen molar-refractivity contribution in [2.24, 2.45) is 0 Å². The zero-order chi connectivity index (χ0) is 11.2. The van der Waals surface area contributed by atoms with E-state index in [1.54, 1.807) is 20.1 Å². The largest absolute Gasteiger partial charge is 0.260 e. The van der Waals surface area contributed by atoms with E-state index in [2.05, 4.69) is 0 Å². The molecule has 0 saturated carbocycles. The predicted octanol–water partition coefficient (Wildman–Crippen LogP) is 1.85. The van der Waals surface area contributed by atoms with Crippen LogP contribution in [-0.2, 0) is 20.6 Å². The summed E-state index contributed by atoms with van der Waals surface area (Å²) >= 11 is 0. The Kier molecular flexibility index (Phi) is 11.8. The van der Waals surface area contributed by atoms with Crippen molar-refractivity contribution in [3.63, 3.8) is 0 Å². The Labute approximate surface area is 91.7 Å². The third kappa shape index (κ3) is 14.6. The Morgan fingerprint density at radius 2 is 1.21 bits per heavy atom. The topological polar surface area (TPSA) is 51.2 Å². The summed E-state index contributed by atoms with van der Waals surface area (Å²) in [6.45, 7) is 7.21. The summed E-state index contributed by atoms with van der Waals surface area (Å²) in [7, 11) is -3.36. The van der Waals surface area contributed by atoms with Gasteiger partial charge >= 0.3 is 0 Å². The molecule has 0 bridgehead atoms. The van der Waals surface area contributed by atoms with Gasteiger partial charge in [-0.2, -0.15) is 0 Å². The van der Waals surface area contributed by atoms with Gasteiger partial charge in [0.1, 0.15) is 9.84 Å². The molecule has 1 atom stereocenters. The molecule has 14 heavy (non-hydrogen) atoms. The van der Waals surface area contributed by atoms with Crippen LogP contribution < -0.4 is 0 Å². The van der Waals surface area contributed by atoms with Crippen molar-refractivity contribution in [3.05, 3.63) is 0 Å². The van der Waals surface area contributed by atoms with Crippen LogP contribution in [0.2, 0.25) is 0 Å². The molecular formula is C9H24O3S2. The van der Waals surface area contributed by atoms with Crippen molar-refractivity contribution in [2.75, 3.05) is 12.5 Å². The Bertz CT molecular complexity index is 241. The monoisotopic (exact) mass is 244 g/mol. The number of rotatable bonds is 2. The molecule has 0 aromatic rings. The molecule has 90 valence electrons. The van der Waals surface area contributed by atoms with Crippen molar-refractivity contribution < 1.29 is 12.6 Å². The van der Waals surface area contributed by atoms with Crippen LogP contribution in [0.1, 0.15) is 35.1 Å². The third-order valence-electron chi connectivity index (χ3n) is 1.52. The minimum absolute atomic E-state index is 0. The third-order valence-corrected chi connectivity index (χ3v) is 4.56. The smallest absolute Gasteiger partial charge is 0.149 e. The normalized spacial score (nSPS) is 12.9. The van der Waals surface area contributed by atoms with Crippen LogP contribution in [0.4, 0.5) is 0 Å². The van der Waals surface area contributed by atoms with E-state index in [9.17, 15) is 12.6 Å². The fourth-order valence-electron chi connectivity index (χ4n) is 0. The molecule has 0 saturated heterocycles. The highest BCUT2D eigenvalue weighted by Gasteiger charge is 2.05. The van der Waals surface area contributed by atoms with E-state index >= 15 is 0 Å². The Balaban J connectivity index is -0.000000163. The summed E-state index contributed by atoms with van der Waals surface area (Å²) < 4.78 is 30.9. The van der Waals surface area contributed by atoms with Crippen LogP contribution in [0.5, 0.6) is 0 Å². The summed E-state index contributed by atoms with van der Waals surface area (Å²) in [5.41, 5.74) is 0. The zero-order valence-electron chi connectivity index (χ0n) is 9.20. The average molecular weight is 244 g/mol. The summed E-state index contributed by atoms with van der Waals surface area (Å²) in [5, 5.41) is 0.0949. The van der Waals surface area contributed by atoms with Gasteiger partial charge in [-0.3, -0.25) is 4.21 Å². The van der Waals surface area contributed by atoms with Crippen LogP contribution in [0, 0.1) is 0 Å². The molecule has 0 aromatic carbocycles. The van der Waals surface area contributed by atoms with Gasteiger partial charge < -0.3 is 0 Å². The van der Waals surface area contributed by atoms with Crippen LogP contribution in [-0.4, -0.2) is 35.6 Å². The lowest BCUT2D eigenvalue weighted by molar-refractivity contribution is 0.593. The quantitative estimate of drug-likeness (QED) is 0.745. The fraction of sp³-hybridized carbons (Fsp3) is 1.00. The van der Waals surface area contributed by atoms with Gasteiger partial charge in [0, 0.05) is 28.6 Å². The van der Waals surface area contributed by atoms with E-state index in [0.717, 1.165) is 0 Å². The Morgan fingerprint density at radius 1 is 1.07 bits per heavy atom. The van der Waals surface area contributed by atoms with Gasteiger partial charge in [0.2, 0.25) is 0 Å². The van der Waals surface area contributed by atoms with Gasteiger partial charge in [0.25, 0.3) is 0 Å². The van der Waals surface area contributed by atoms with E-state index in [0.29, 0.717) is 5.25 Å². The lowest BCUT2D eigenvalue weighted by Crippen LogP contribution is -2.10. The second-order valence-corrected chi connectivity index (χ2v) is 7.97.